The second-order valence-corrected chi connectivity index (χ2v) is 7.01. The third-order valence-corrected chi connectivity index (χ3v) is 4.79. The Morgan fingerprint density at radius 1 is 1.41 bits per heavy atom. The van der Waals surface area contributed by atoms with Crippen LogP contribution in [0.3, 0.4) is 0 Å². The first kappa shape index (κ1) is 14.1. The molecule has 0 heterocycles. The summed E-state index contributed by atoms with van der Waals surface area (Å²) >= 11 is 1.47. The molecule has 0 spiro atoms. The minimum absolute atomic E-state index is 0.0564. The van der Waals surface area contributed by atoms with Crippen molar-refractivity contribution in [3.05, 3.63) is 24.3 Å². The number of hydrogen-bond acceptors (Lipinski definition) is 4. The number of hydrogen-bond donors (Lipinski definition) is 2. The zero-order chi connectivity index (χ0) is 13.1. The number of benzene rings is 1. The van der Waals surface area contributed by atoms with Crippen molar-refractivity contribution in [1.82, 2.24) is 0 Å². The fourth-order valence-electron chi connectivity index (χ4n) is 1.30. The average molecular weight is 272 g/mol. The molecule has 1 rings (SSSR count). The molecule has 3 N–H and O–H groups in total. The smallest absolute Gasteiger partial charge is 0.175 e. The van der Waals surface area contributed by atoms with Crippen LogP contribution in [0.1, 0.15) is 13.3 Å². The van der Waals surface area contributed by atoms with Gasteiger partial charge in [-0.1, -0.05) is 6.92 Å². The molecule has 4 nitrogen and oxygen atoms in total. The molecule has 6 heteroatoms. The van der Waals surface area contributed by atoms with Gasteiger partial charge in [0.05, 0.1) is 10.1 Å². The largest absolute Gasteiger partial charge is 0.387 e. The third kappa shape index (κ3) is 4.05. The van der Waals surface area contributed by atoms with Crippen LogP contribution in [0.4, 0.5) is 0 Å². The summed E-state index contributed by atoms with van der Waals surface area (Å²) in [6.07, 6.45) is 1.95. The van der Waals surface area contributed by atoms with E-state index in [0.29, 0.717) is 4.90 Å². The molecule has 1 aromatic carbocycles. The lowest BCUT2D eigenvalue weighted by Gasteiger charge is -2.12. The second kappa shape index (κ2) is 5.55. The number of nitrogens with one attached hydrogen (secondary N) is 1. The molecule has 94 valence electrons. The second-order valence-electron chi connectivity index (χ2n) is 3.71. The summed E-state index contributed by atoms with van der Waals surface area (Å²) in [6, 6.07) is 6.63. The summed E-state index contributed by atoms with van der Waals surface area (Å²) in [5.74, 6) is 0.143. The molecule has 0 aliphatic carbocycles. The normalized spacial score (nSPS) is 13.3. The lowest BCUT2D eigenvalue weighted by atomic mass is 10.3. The molecule has 0 saturated carbocycles. The van der Waals surface area contributed by atoms with Crippen molar-refractivity contribution in [3.63, 3.8) is 0 Å². The van der Waals surface area contributed by atoms with Crippen LogP contribution in [-0.4, -0.2) is 25.8 Å². The molecule has 1 atom stereocenters. The highest BCUT2D eigenvalue weighted by Crippen LogP contribution is 2.26. The molecule has 0 aliphatic heterocycles. The van der Waals surface area contributed by atoms with Crippen molar-refractivity contribution < 1.29 is 8.42 Å². The van der Waals surface area contributed by atoms with Crippen LogP contribution in [0.25, 0.3) is 0 Å². The van der Waals surface area contributed by atoms with E-state index in [1.807, 2.05) is 6.92 Å². The topological polar surface area (TPSA) is 84.0 Å². The van der Waals surface area contributed by atoms with Gasteiger partial charge in [-0.05, 0) is 30.7 Å². The average Bonchev–Trinajstić information content (AvgIpc) is 2.25. The van der Waals surface area contributed by atoms with Crippen molar-refractivity contribution in [1.29, 1.82) is 5.41 Å². The lowest BCUT2D eigenvalue weighted by molar-refractivity contribution is 0.602. The molecule has 0 saturated heterocycles. The van der Waals surface area contributed by atoms with Crippen molar-refractivity contribution in [2.24, 2.45) is 5.73 Å². The molecule has 0 fully saturated rings. The van der Waals surface area contributed by atoms with E-state index in [9.17, 15) is 8.42 Å². The van der Waals surface area contributed by atoms with Gasteiger partial charge in [0, 0.05) is 11.2 Å². The van der Waals surface area contributed by atoms with Gasteiger partial charge in [0.15, 0.2) is 9.84 Å². The Balaban J connectivity index is 2.85. The molecule has 0 aromatic heterocycles. The van der Waals surface area contributed by atoms with Gasteiger partial charge in [-0.2, -0.15) is 0 Å². The van der Waals surface area contributed by atoms with Crippen LogP contribution in [0.15, 0.2) is 34.1 Å². The summed E-state index contributed by atoms with van der Waals surface area (Å²) in [5, 5.41) is 7.35. The van der Waals surface area contributed by atoms with E-state index in [-0.39, 0.29) is 11.1 Å². The number of thioether (sulfide) groups is 1. The van der Waals surface area contributed by atoms with Crippen LogP contribution in [0.5, 0.6) is 0 Å². The summed E-state index contributed by atoms with van der Waals surface area (Å²) in [6.45, 7) is 1.96. The molecular weight excluding hydrogens is 256 g/mol. The minimum Gasteiger partial charge on any atom is -0.387 e. The summed E-state index contributed by atoms with van der Waals surface area (Å²) in [5.41, 5.74) is 5.46. The van der Waals surface area contributed by atoms with Gasteiger partial charge >= 0.3 is 0 Å². The van der Waals surface area contributed by atoms with Gasteiger partial charge in [0.2, 0.25) is 0 Å². The maximum absolute atomic E-state index is 11.3. The van der Waals surface area contributed by atoms with Crippen molar-refractivity contribution in [3.8, 4) is 0 Å². The van der Waals surface area contributed by atoms with Crippen LogP contribution in [-0.2, 0) is 9.84 Å². The van der Waals surface area contributed by atoms with Gasteiger partial charge in [-0.25, -0.2) is 8.42 Å². The first-order valence-electron chi connectivity index (χ1n) is 5.15. The first-order chi connectivity index (χ1) is 7.84. The number of nitrogens with two attached hydrogens (primary N) is 1. The summed E-state index contributed by atoms with van der Waals surface area (Å²) in [4.78, 5) is 1.22. The fraction of sp³-hybridized carbons (Fsp3) is 0.364. The summed E-state index contributed by atoms with van der Waals surface area (Å²) in [7, 11) is -3.15. The van der Waals surface area contributed by atoms with E-state index in [2.05, 4.69) is 0 Å². The Hall–Kier alpha value is -1.01. The Labute approximate surface area is 106 Å². The van der Waals surface area contributed by atoms with Gasteiger partial charge < -0.3 is 5.73 Å². The van der Waals surface area contributed by atoms with E-state index in [1.165, 1.54) is 18.0 Å². The molecule has 1 unspecified atom stereocenters. The Kier molecular flexibility index (Phi) is 4.59. The number of rotatable bonds is 5. The van der Waals surface area contributed by atoms with Crippen molar-refractivity contribution >= 4 is 27.4 Å². The first-order valence-corrected chi connectivity index (χ1v) is 7.92. The van der Waals surface area contributed by atoms with E-state index in [4.69, 9.17) is 11.1 Å². The maximum Gasteiger partial charge on any atom is 0.175 e. The zero-order valence-electron chi connectivity index (χ0n) is 9.80. The molecule has 0 radical (unpaired) electrons. The Bertz CT molecular complexity index is 495. The predicted molar refractivity (Wildman–Crippen MR) is 71.4 cm³/mol. The fourth-order valence-corrected chi connectivity index (χ4v) is 2.84. The van der Waals surface area contributed by atoms with Gasteiger partial charge in [-0.3, -0.25) is 5.41 Å². The SMILES string of the molecule is CCC(Sc1ccc(S(C)(=O)=O)cc1)C(=N)N. The van der Waals surface area contributed by atoms with Crippen LogP contribution in [0.2, 0.25) is 0 Å². The van der Waals surface area contributed by atoms with E-state index < -0.39 is 9.84 Å². The molecular formula is C11H16N2O2S2. The number of amidine groups is 1. The quantitative estimate of drug-likeness (QED) is 0.487. The monoisotopic (exact) mass is 272 g/mol. The molecule has 0 amide bonds. The van der Waals surface area contributed by atoms with Crippen LogP contribution < -0.4 is 5.73 Å². The third-order valence-electron chi connectivity index (χ3n) is 2.25. The summed E-state index contributed by atoms with van der Waals surface area (Å²) < 4.78 is 22.5. The molecule has 17 heavy (non-hydrogen) atoms. The highest BCUT2D eigenvalue weighted by molar-refractivity contribution is 8.00. The van der Waals surface area contributed by atoms with Crippen molar-refractivity contribution in [2.75, 3.05) is 6.26 Å². The molecule has 0 bridgehead atoms. The van der Waals surface area contributed by atoms with E-state index in [1.54, 1.807) is 24.3 Å². The van der Waals surface area contributed by atoms with E-state index >= 15 is 0 Å². The molecule has 1 aromatic rings. The molecule has 0 aliphatic rings. The van der Waals surface area contributed by atoms with Crippen LogP contribution in [0, 0.1) is 5.41 Å². The van der Waals surface area contributed by atoms with Crippen LogP contribution >= 0.6 is 11.8 Å². The Morgan fingerprint density at radius 2 is 1.94 bits per heavy atom. The van der Waals surface area contributed by atoms with E-state index in [0.717, 1.165) is 11.3 Å². The maximum atomic E-state index is 11.3. The zero-order valence-corrected chi connectivity index (χ0v) is 11.4. The predicted octanol–water partition coefficient (Wildman–Crippen LogP) is 1.90. The van der Waals surface area contributed by atoms with Gasteiger partial charge in [0.1, 0.15) is 5.84 Å². The highest BCUT2D eigenvalue weighted by Gasteiger charge is 2.12. The lowest BCUT2D eigenvalue weighted by Crippen LogP contribution is -2.23. The Morgan fingerprint density at radius 3 is 2.29 bits per heavy atom. The number of sulfone groups is 1. The highest BCUT2D eigenvalue weighted by atomic mass is 32.2. The minimum atomic E-state index is -3.15. The van der Waals surface area contributed by atoms with Gasteiger partial charge in [0.25, 0.3) is 0 Å². The van der Waals surface area contributed by atoms with Crippen molar-refractivity contribution in [2.45, 2.75) is 28.4 Å². The standard InChI is InChI=1S/C11H16N2O2S2/c1-3-10(11(12)13)16-8-4-6-9(7-5-8)17(2,14)15/h4-7,10H,3H2,1-2H3,(H3,12,13). The van der Waals surface area contributed by atoms with Gasteiger partial charge in [-0.15, -0.1) is 11.8 Å².